The largest absolute Gasteiger partial charge is 0.491 e. The number of aryl methyl sites for hydroxylation is 1. The maximum Gasteiger partial charge on any atom is 0.469 e. The minimum Gasteiger partial charge on any atom is -0.491 e. The summed E-state index contributed by atoms with van der Waals surface area (Å²) in [7, 11) is -4.23. The van der Waals surface area contributed by atoms with Gasteiger partial charge >= 0.3 is 7.82 Å². The highest BCUT2D eigenvalue weighted by Crippen LogP contribution is 2.35. The zero-order valence-electron chi connectivity index (χ0n) is 35.6. The Kier molecular flexibility index (Phi) is 44.9. The summed E-state index contributed by atoms with van der Waals surface area (Å²) in [6.45, 7) is 13.2. The normalized spacial score (nSPS) is 11.5. The molecular formula is C42H81O14P. The van der Waals surface area contributed by atoms with Gasteiger partial charge < -0.3 is 57.5 Å². The molecule has 15 heteroatoms. The van der Waals surface area contributed by atoms with E-state index in [9.17, 15) is 4.57 Å². The number of aliphatic hydroxyl groups is 1. The Morgan fingerprint density at radius 1 is 0.421 bits per heavy atom. The van der Waals surface area contributed by atoms with E-state index < -0.39 is 7.82 Å². The zero-order chi connectivity index (χ0) is 41.6. The molecule has 0 aliphatic heterocycles. The van der Waals surface area contributed by atoms with Crippen LogP contribution in [-0.2, 0) is 53.4 Å². The van der Waals surface area contributed by atoms with Gasteiger partial charge in [0.15, 0.2) is 0 Å². The van der Waals surface area contributed by atoms with Crippen molar-refractivity contribution >= 4 is 7.82 Å². The van der Waals surface area contributed by atoms with Gasteiger partial charge in [0.2, 0.25) is 0 Å². The van der Waals surface area contributed by atoms with Gasteiger partial charge in [-0.05, 0) is 37.0 Å². The molecule has 1 rings (SSSR count). The fourth-order valence-corrected chi connectivity index (χ4v) is 5.57. The molecule has 0 saturated carbocycles. The second-order valence-electron chi connectivity index (χ2n) is 13.4. The summed E-state index contributed by atoms with van der Waals surface area (Å²) < 4.78 is 63.7. The number of benzene rings is 1. The van der Waals surface area contributed by atoms with Crippen LogP contribution in [0.5, 0.6) is 5.75 Å². The van der Waals surface area contributed by atoms with Gasteiger partial charge in [0.25, 0.3) is 0 Å². The Balaban J connectivity index is 0.00000189. The summed E-state index contributed by atoms with van der Waals surface area (Å²) >= 11 is 0. The molecule has 0 unspecified atom stereocenters. The van der Waals surface area contributed by atoms with Crippen LogP contribution >= 0.6 is 7.82 Å². The first-order valence-corrected chi connectivity index (χ1v) is 23.1. The van der Waals surface area contributed by atoms with Crippen molar-refractivity contribution in [3.8, 4) is 5.75 Å². The molecule has 0 aliphatic carbocycles. The fraction of sp³-hybridized carbons (Fsp3) is 0.857. The van der Waals surface area contributed by atoms with E-state index in [4.69, 9.17) is 57.5 Å². The van der Waals surface area contributed by atoms with Gasteiger partial charge in [0, 0.05) is 0 Å². The summed E-state index contributed by atoms with van der Waals surface area (Å²) in [4.78, 5) is 16.8. The predicted molar refractivity (Wildman–Crippen MR) is 223 cm³/mol. The monoisotopic (exact) mass is 841 g/mol. The van der Waals surface area contributed by atoms with Crippen LogP contribution in [0.3, 0.4) is 0 Å². The number of hydrogen-bond acceptors (Lipinski definition) is 12. The van der Waals surface area contributed by atoms with E-state index in [1.807, 2.05) is 0 Å². The molecule has 0 fully saturated rings. The number of aliphatic hydroxyl groups excluding tert-OH is 1. The van der Waals surface area contributed by atoms with Crippen molar-refractivity contribution in [1.82, 2.24) is 0 Å². The quantitative estimate of drug-likeness (QED) is 0.0441. The number of ether oxygens (including phenoxy) is 9. The molecule has 0 aromatic heterocycles. The molecule has 0 spiro atoms. The van der Waals surface area contributed by atoms with Crippen LogP contribution in [0.4, 0.5) is 0 Å². The number of phosphoric acid groups is 1. The first-order chi connectivity index (χ1) is 27.9. The van der Waals surface area contributed by atoms with Gasteiger partial charge in [-0.25, -0.2) is 4.57 Å². The highest BCUT2D eigenvalue weighted by molar-refractivity contribution is 7.46. The lowest BCUT2D eigenvalue weighted by molar-refractivity contribution is -0.0242. The van der Waals surface area contributed by atoms with Gasteiger partial charge in [-0.3, -0.25) is 4.52 Å². The molecule has 1 aromatic carbocycles. The Morgan fingerprint density at radius 2 is 0.754 bits per heavy atom. The molecule has 0 saturated heterocycles. The second kappa shape index (κ2) is 45.8. The number of hydrogen-bond donors (Lipinski definition) is 3. The molecule has 0 radical (unpaired) electrons. The van der Waals surface area contributed by atoms with E-state index in [-0.39, 0.29) is 13.2 Å². The van der Waals surface area contributed by atoms with E-state index in [0.717, 1.165) is 31.4 Å². The second-order valence-corrected chi connectivity index (χ2v) is 14.7. The molecule has 0 aliphatic rings. The standard InChI is InChI=1S/C33H60O10.C9H21O4P/c1-2-3-4-5-6-7-8-9-32-10-12-33(13-11-32)43-31-30-42-29-28-41-27-26-40-25-24-39-23-22-38-21-20-37-19-18-36-17-16-35-15-14-34;1-2-3-4-5-6-7-8-9-13-14(10,11)12/h10-13,34H,2-9,14-31H2,1H3;2-9H2,1H3,(H2,10,11,12). The van der Waals surface area contributed by atoms with Crippen molar-refractivity contribution in [3.05, 3.63) is 29.8 Å². The van der Waals surface area contributed by atoms with Crippen LogP contribution in [0.2, 0.25) is 0 Å². The Bertz CT molecular complexity index is 953. The van der Waals surface area contributed by atoms with E-state index in [0.29, 0.717) is 112 Å². The maximum absolute atomic E-state index is 10.3. The zero-order valence-corrected chi connectivity index (χ0v) is 36.5. The predicted octanol–water partition coefficient (Wildman–Crippen LogP) is 7.33. The minimum atomic E-state index is -4.23. The molecule has 1 aromatic rings. The first kappa shape index (κ1) is 55.8. The molecular weight excluding hydrogens is 759 g/mol. The van der Waals surface area contributed by atoms with Crippen molar-refractivity contribution in [2.24, 2.45) is 0 Å². The molecule has 3 N–H and O–H groups in total. The van der Waals surface area contributed by atoms with Crippen molar-refractivity contribution in [1.29, 1.82) is 0 Å². The van der Waals surface area contributed by atoms with Crippen molar-refractivity contribution < 1.29 is 66.6 Å². The van der Waals surface area contributed by atoms with Crippen LogP contribution in [0, 0.1) is 0 Å². The van der Waals surface area contributed by atoms with Crippen LogP contribution < -0.4 is 4.74 Å². The van der Waals surface area contributed by atoms with Gasteiger partial charge in [-0.1, -0.05) is 103 Å². The lowest BCUT2D eigenvalue weighted by Gasteiger charge is -2.09. The van der Waals surface area contributed by atoms with Crippen LogP contribution in [-0.4, -0.2) is 140 Å². The molecule has 0 amide bonds. The van der Waals surface area contributed by atoms with E-state index in [1.54, 1.807) is 0 Å². The summed E-state index contributed by atoms with van der Waals surface area (Å²) in [5.74, 6) is 0.887. The van der Waals surface area contributed by atoms with Crippen molar-refractivity contribution in [2.45, 2.75) is 110 Å². The lowest BCUT2D eigenvalue weighted by atomic mass is 10.0. The molecule has 57 heavy (non-hydrogen) atoms. The van der Waals surface area contributed by atoms with Gasteiger partial charge in [-0.15, -0.1) is 0 Å². The van der Waals surface area contributed by atoms with Crippen LogP contribution in [0.25, 0.3) is 0 Å². The maximum atomic E-state index is 10.3. The minimum absolute atomic E-state index is 0.0298. The van der Waals surface area contributed by atoms with Gasteiger partial charge in [0.05, 0.1) is 119 Å². The van der Waals surface area contributed by atoms with Gasteiger partial charge in [-0.2, -0.15) is 0 Å². The summed E-state index contributed by atoms with van der Waals surface area (Å²) in [6.07, 6.45) is 18.4. The summed E-state index contributed by atoms with van der Waals surface area (Å²) in [5.41, 5.74) is 1.38. The highest BCUT2D eigenvalue weighted by atomic mass is 31.2. The molecule has 0 heterocycles. The Morgan fingerprint density at radius 3 is 1.12 bits per heavy atom. The molecule has 338 valence electrons. The van der Waals surface area contributed by atoms with Gasteiger partial charge in [0.1, 0.15) is 12.4 Å². The smallest absolute Gasteiger partial charge is 0.469 e. The van der Waals surface area contributed by atoms with Crippen molar-refractivity contribution in [2.75, 3.05) is 126 Å². The number of phosphoric ester groups is 1. The van der Waals surface area contributed by atoms with E-state index in [2.05, 4.69) is 42.6 Å². The van der Waals surface area contributed by atoms with Crippen LogP contribution in [0.1, 0.15) is 109 Å². The van der Waals surface area contributed by atoms with E-state index >= 15 is 0 Å². The molecule has 14 nitrogen and oxygen atoms in total. The first-order valence-electron chi connectivity index (χ1n) is 21.6. The molecule has 0 bridgehead atoms. The summed E-state index contributed by atoms with van der Waals surface area (Å²) in [6, 6.07) is 8.45. The number of rotatable bonds is 44. The average Bonchev–Trinajstić information content (AvgIpc) is 3.20. The number of unbranched alkanes of at least 4 members (excludes halogenated alkanes) is 12. The Labute approximate surface area is 345 Å². The molecule has 0 atom stereocenters. The van der Waals surface area contributed by atoms with Crippen molar-refractivity contribution in [3.63, 3.8) is 0 Å². The third-order valence-electron chi connectivity index (χ3n) is 8.34. The Hall–Kier alpha value is -1.23. The SMILES string of the molecule is CCCCCCCCCOP(=O)(O)O.CCCCCCCCCc1ccc(OCCOCCOCCOCCOCCOCCOCCOCCOCCO)cc1. The fourth-order valence-electron chi connectivity index (χ4n) is 5.21. The highest BCUT2D eigenvalue weighted by Gasteiger charge is 2.12. The summed E-state index contributed by atoms with van der Waals surface area (Å²) in [5, 5.41) is 8.58. The van der Waals surface area contributed by atoms with Crippen LogP contribution in [0.15, 0.2) is 24.3 Å². The third-order valence-corrected chi connectivity index (χ3v) is 8.85. The third kappa shape index (κ3) is 47.3. The topological polar surface area (TPSA) is 170 Å². The average molecular weight is 841 g/mol. The van der Waals surface area contributed by atoms with E-state index in [1.165, 1.54) is 76.2 Å². The lowest BCUT2D eigenvalue weighted by Crippen LogP contribution is -2.15.